The van der Waals surface area contributed by atoms with Crippen molar-refractivity contribution in [2.75, 3.05) is 11.9 Å². The average molecular weight is 283 g/mol. The predicted octanol–water partition coefficient (Wildman–Crippen LogP) is 2.89. The maximum atomic E-state index is 9.11. The molecule has 0 fully saturated rings. The molecule has 2 N–H and O–H groups in total. The lowest BCUT2D eigenvalue weighted by molar-refractivity contribution is 0.183. The summed E-state index contributed by atoms with van der Waals surface area (Å²) in [6, 6.07) is 7.66. The van der Waals surface area contributed by atoms with Crippen LogP contribution >= 0.6 is 15.9 Å². The van der Waals surface area contributed by atoms with Crippen LogP contribution in [0.5, 0.6) is 0 Å². The number of aliphatic hydroxyl groups is 1. The molecule has 0 amide bonds. The summed E-state index contributed by atoms with van der Waals surface area (Å²) < 4.78 is 0.949. The third-order valence-corrected chi connectivity index (χ3v) is 2.71. The van der Waals surface area contributed by atoms with E-state index in [1.807, 2.05) is 12.1 Å². The molecule has 0 saturated carbocycles. The van der Waals surface area contributed by atoms with Crippen LogP contribution in [0.2, 0.25) is 0 Å². The molecule has 0 saturated heterocycles. The maximum Gasteiger partial charge on any atom is 0.101 e. The Kier molecular flexibility index (Phi) is 5.30. The SMILES string of the molecule is CC(O)CCCNc1cc(Br)ccc1C#N. The number of hydrogen-bond acceptors (Lipinski definition) is 3. The fraction of sp³-hybridized carbons (Fsp3) is 0.417. The van der Waals surface area contributed by atoms with Gasteiger partial charge < -0.3 is 10.4 Å². The van der Waals surface area contributed by atoms with E-state index >= 15 is 0 Å². The van der Waals surface area contributed by atoms with E-state index in [-0.39, 0.29) is 6.10 Å². The van der Waals surface area contributed by atoms with Crippen LogP contribution in [-0.4, -0.2) is 17.8 Å². The molecule has 0 aromatic heterocycles. The van der Waals surface area contributed by atoms with Crippen LogP contribution in [0.15, 0.2) is 22.7 Å². The lowest BCUT2D eigenvalue weighted by Gasteiger charge is -2.09. The van der Waals surface area contributed by atoms with Crippen LogP contribution in [0.25, 0.3) is 0 Å². The molecule has 0 bridgehead atoms. The molecule has 0 radical (unpaired) electrons. The summed E-state index contributed by atoms with van der Waals surface area (Å²) in [6.07, 6.45) is 1.39. The molecular formula is C12H15BrN2O. The first-order valence-corrected chi connectivity index (χ1v) is 6.04. The molecule has 3 nitrogen and oxygen atoms in total. The lowest BCUT2D eigenvalue weighted by atomic mass is 10.2. The molecule has 1 aromatic rings. The van der Waals surface area contributed by atoms with Crippen LogP contribution in [-0.2, 0) is 0 Å². The van der Waals surface area contributed by atoms with E-state index in [0.717, 1.165) is 29.5 Å². The number of halogens is 1. The second kappa shape index (κ2) is 6.51. The van der Waals surface area contributed by atoms with Gasteiger partial charge in [-0.2, -0.15) is 5.26 Å². The summed E-state index contributed by atoms with van der Waals surface area (Å²) in [7, 11) is 0. The summed E-state index contributed by atoms with van der Waals surface area (Å²) in [6.45, 7) is 2.54. The van der Waals surface area contributed by atoms with Gasteiger partial charge in [-0.05, 0) is 38.0 Å². The van der Waals surface area contributed by atoms with Gasteiger partial charge in [0.05, 0.1) is 17.4 Å². The molecule has 0 heterocycles. The number of nitrogens with one attached hydrogen (secondary N) is 1. The summed E-state index contributed by atoms with van der Waals surface area (Å²) in [4.78, 5) is 0. The zero-order chi connectivity index (χ0) is 12.0. The van der Waals surface area contributed by atoms with Gasteiger partial charge in [0.2, 0.25) is 0 Å². The predicted molar refractivity (Wildman–Crippen MR) is 68.3 cm³/mol. The van der Waals surface area contributed by atoms with Gasteiger partial charge in [-0.15, -0.1) is 0 Å². The summed E-state index contributed by atoms with van der Waals surface area (Å²) in [5, 5.41) is 21.2. The molecule has 0 aliphatic carbocycles. The maximum absolute atomic E-state index is 9.11. The number of hydrogen-bond donors (Lipinski definition) is 2. The van der Waals surface area contributed by atoms with Crippen molar-refractivity contribution >= 4 is 21.6 Å². The minimum atomic E-state index is -0.264. The van der Waals surface area contributed by atoms with E-state index in [9.17, 15) is 0 Å². The van der Waals surface area contributed by atoms with E-state index in [1.54, 1.807) is 13.0 Å². The van der Waals surface area contributed by atoms with Crippen molar-refractivity contribution in [3.05, 3.63) is 28.2 Å². The highest BCUT2D eigenvalue weighted by molar-refractivity contribution is 9.10. The van der Waals surface area contributed by atoms with Crippen LogP contribution < -0.4 is 5.32 Å². The molecule has 16 heavy (non-hydrogen) atoms. The van der Waals surface area contributed by atoms with Crippen molar-refractivity contribution in [2.24, 2.45) is 0 Å². The standard InChI is InChI=1S/C12H15BrN2O/c1-9(16)3-2-6-15-12-7-11(13)5-4-10(12)8-14/h4-5,7,9,15-16H,2-3,6H2,1H3. The van der Waals surface area contributed by atoms with E-state index in [1.165, 1.54) is 0 Å². The summed E-state index contributed by atoms with van der Waals surface area (Å²) >= 11 is 3.37. The van der Waals surface area contributed by atoms with Crippen LogP contribution in [0.4, 0.5) is 5.69 Å². The van der Waals surface area contributed by atoms with Gasteiger partial charge in [0, 0.05) is 11.0 Å². The first-order chi connectivity index (χ1) is 7.63. The third kappa shape index (κ3) is 4.21. The molecule has 0 aliphatic heterocycles. The first-order valence-electron chi connectivity index (χ1n) is 5.25. The van der Waals surface area contributed by atoms with Gasteiger partial charge in [0.15, 0.2) is 0 Å². The van der Waals surface area contributed by atoms with Gasteiger partial charge in [-0.1, -0.05) is 15.9 Å². The zero-order valence-electron chi connectivity index (χ0n) is 9.20. The van der Waals surface area contributed by atoms with Crippen molar-refractivity contribution in [1.82, 2.24) is 0 Å². The Morgan fingerprint density at radius 2 is 2.31 bits per heavy atom. The number of nitriles is 1. The second-order valence-electron chi connectivity index (χ2n) is 3.72. The minimum Gasteiger partial charge on any atom is -0.393 e. The third-order valence-electron chi connectivity index (χ3n) is 2.22. The number of benzene rings is 1. The fourth-order valence-corrected chi connectivity index (χ4v) is 1.74. The Balaban J connectivity index is 2.53. The van der Waals surface area contributed by atoms with E-state index in [2.05, 4.69) is 27.3 Å². The molecule has 86 valence electrons. The second-order valence-corrected chi connectivity index (χ2v) is 4.64. The van der Waals surface area contributed by atoms with Crippen LogP contribution in [0.3, 0.4) is 0 Å². The van der Waals surface area contributed by atoms with Crippen molar-refractivity contribution in [1.29, 1.82) is 5.26 Å². The van der Waals surface area contributed by atoms with E-state index in [4.69, 9.17) is 10.4 Å². The van der Waals surface area contributed by atoms with Gasteiger partial charge in [0.25, 0.3) is 0 Å². The number of rotatable bonds is 5. The molecule has 1 aromatic carbocycles. The normalized spacial score (nSPS) is 11.9. The summed E-state index contributed by atoms with van der Waals surface area (Å²) in [5.74, 6) is 0. The monoisotopic (exact) mass is 282 g/mol. The Morgan fingerprint density at radius 1 is 1.56 bits per heavy atom. The Morgan fingerprint density at radius 3 is 2.94 bits per heavy atom. The van der Waals surface area contributed by atoms with Gasteiger partial charge in [-0.3, -0.25) is 0 Å². The fourth-order valence-electron chi connectivity index (χ4n) is 1.38. The van der Waals surface area contributed by atoms with E-state index in [0.29, 0.717) is 5.56 Å². The molecule has 0 spiro atoms. The van der Waals surface area contributed by atoms with Crippen LogP contribution in [0.1, 0.15) is 25.3 Å². The number of nitrogens with zero attached hydrogens (tertiary/aromatic N) is 1. The molecular weight excluding hydrogens is 268 g/mol. The quantitative estimate of drug-likeness (QED) is 0.817. The van der Waals surface area contributed by atoms with Gasteiger partial charge >= 0.3 is 0 Å². The van der Waals surface area contributed by atoms with Crippen molar-refractivity contribution in [3.63, 3.8) is 0 Å². The first kappa shape index (κ1) is 13.0. The van der Waals surface area contributed by atoms with E-state index < -0.39 is 0 Å². The Bertz CT molecular complexity index is 385. The molecule has 4 heteroatoms. The smallest absolute Gasteiger partial charge is 0.101 e. The Hall–Kier alpha value is -1.05. The highest BCUT2D eigenvalue weighted by atomic mass is 79.9. The highest BCUT2D eigenvalue weighted by Gasteiger charge is 2.02. The van der Waals surface area contributed by atoms with Gasteiger partial charge in [0.1, 0.15) is 6.07 Å². The lowest BCUT2D eigenvalue weighted by Crippen LogP contribution is -2.07. The largest absolute Gasteiger partial charge is 0.393 e. The minimum absolute atomic E-state index is 0.264. The number of anilines is 1. The van der Waals surface area contributed by atoms with Crippen molar-refractivity contribution in [3.8, 4) is 6.07 Å². The molecule has 1 atom stereocenters. The van der Waals surface area contributed by atoms with Crippen molar-refractivity contribution < 1.29 is 5.11 Å². The highest BCUT2D eigenvalue weighted by Crippen LogP contribution is 2.20. The van der Waals surface area contributed by atoms with Gasteiger partial charge in [-0.25, -0.2) is 0 Å². The summed E-state index contributed by atoms with van der Waals surface area (Å²) in [5.41, 5.74) is 1.47. The zero-order valence-corrected chi connectivity index (χ0v) is 10.8. The Labute approximate surface area is 104 Å². The molecule has 1 rings (SSSR count). The van der Waals surface area contributed by atoms with Crippen molar-refractivity contribution in [2.45, 2.75) is 25.9 Å². The average Bonchev–Trinajstić information content (AvgIpc) is 2.24. The molecule has 0 aliphatic rings. The topological polar surface area (TPSA) is 56.0 Å². The number of aliphatic hydroxyl groups excluding tert-OH is 1. The van der Waals surface area contributed by atoms with Crippen LogP contribution in [0, 0.1) is 11.3 Å². The molecule has 1 unspecified atom stereocenters.